The average molecular weight is 502 g/mol. The molecule has 1 aliphatic heterocycles. The van der Waals surface area contributed by atoms with Crippen molar-refractivity contribution < 1.29 is 24.2 Å². The molecule has 8 heteroatoms. The molecular weight excluding hydrogens is 470 g/mol. The number of carbonyl (C=O) groups excluding carboxylic acids is 3. The lowest BCUT2D eigenvalue weighted by Crippen LogP contribution is -2.39. The molecule has 3 aromatic rings. The number of nitrogens with zero attached hydrogens (tertiary/aromatic N) is 1. The van der Waals surface area contributed by atoms with Gasteiger partial charge in [-0.05, 0) is 60.4 Å². The topological polar surface area (TPSA) is 108 Å². The Kier molecular flexibility index (Phi) is 8.40. The highest BCUT2D eigenvalue weighted by Gasteiger charge is 2.19. The van der Waals surface area contributed by atoms with Crippen LogP contribution in [0.15, 0.2) is 66.7 Å². The second kappa shape index (κ2) is 12.1. The van der Waals surface area contributed by atoms with E-state index in [2.05, 4.69) is 10.6 Å². The summed E-state index contributed by atoms with van der Waals surface area (Å²) in [5, 5.41) is 16.3. The molecule has 0 saturated heterocycles. The molecule has 0 aromatic heterocycles. The first-order valence-electron chi connectivity index (χ1n) is 12.4. The number of fused-ring (bicyclic) bond motifs is 5. The molecule has 0 spiro atoms. The summed E-state index contributed by atoms with van der Waals surface area (Å²) in [6.07, 6.45) is 1.37. The van der Waals surface area contributed by atoms with Crippen molar-refractivity contribution in [1.82, 2.24) is 15.5 Å². The monoisotopic (exact) mass is 501 g/mol. The van der Waals surface area contributed by atoms with E-state index in [-0.39, 0.29) is 43.0 Å². The van der Waals surface area contributed by atoms with E-state index in [0.717, 1.165) is 5.56 Å². The summed E-state index contributed by atoms with van der Waals surface area (Å²) in [5.74, 6) is -0.0829. The first kappa shape index (κ1) is 25.8. The molecule has 37 heavy (non-hydrogen) atoms. The van der Waals surface area contributed by atoms with E-state index in [1.807, 2.05) is 18.2 Å². The van der Waals surface area contributed by atoms with Crippen molar-refractivity contribution in [1.29, 1.82) is 0 Å². The summed E-state index contributed by atoms with van der Waals surface area (Å²) in [6.45, 7) is 1.34. The van der Waals surface area contributed by atoms with Crippen molar-refractivity contribution in [3.63, 3.8) is 0 Å². The highest BCUT2D eigenvalue weighted by molar-refractivity contribution is 5.98. The van der Waals surface area contributed by atoms with Gasteiger partial charge in [0, 0.05) is 43.7 Å². The van der Waals surface area contributed by atoms with Crippen LogP contribution in [0.1, 0.15) is 39.1 Å². The minimum atomic E-state index is -0.345. The van der Waals surface area contributed by atoms with Gasteiger partial charge in [-0.25, -0.2) is 0 Å². The van der Waals surface area contributed by atoms with Crippen LogP contribution in [-0.4, -0.2) is 61.0 Å². The van der Waals surface area contributed by atoms with Gasteiger partial charge in [0.05, 0.1) is 12.7 Å². The van der Waals surface area contributed by atoms with Crippen LogP contribution in [0.4, 0.5) is 0 Å². The maximum Gasteiger partial charge on any atom is 0.255 e. The Morgan fingerprint density at radius 3 is 2.49 bits per heavy atom. The molecule has 0 atom stereocenters. The Balaban J connectivity index is 1.62. The predicted molar refractivity (Wildman–Crippen MR) is 141 cm³/mol. The summed E-state index contributed by atoms with van der Waals surface area (Å²) in [5.41, 5.74) is 3.07. The number of hydrogen-bond acceptors (Lipinski definition) is 5. The van der Waals surface area contributed by atoms with Crippen molar-refractivity contribution in [2.75, 3.05) is 33.3 Å². The SMILES string of the molecule is COc1ccc2cc1C(=O)NCCN(C(=O)c1ccccc1)CCCC(=O)NCCc1ccc(O)c-2c1. The number of amides is 3. The third-order valence-corrected chi connectivity index (χ3v) is 6.36. The Labute approximate surface area is 216 Å². The lowest BCUT2D eigenvalue weighted by Gasteiger charge is -2.23. The van der Waals surface area contributed by atoms with Crippen molar-refractivity contribution >= 4 is 17.7 Å². The second-order valence-corrected chi connectivity index (χ2v) is 8.88. The summed E-state index contributed by atoms with van der Waals surface area (Å²) >= 11 is 0. The molecule has 0 fully saturated rings. The van der Waals surface area contributed by atoms with Gasteiger partial charge in [0.25, 0.3) is 11.8 Å². The van der Waals surface area contributed by atoms with Crippen molar-refractivity contribution in [2.24, 2.45) is 0 Å². The number of carbonyl (C=O) groups is 3. The Morgan fingerprint density at radius 2 is 1.70 bits per heavy atom. The summed E-state index contributed by atoms with van der Waals surface area (Å²) in [7, 11) is 1.50. The zero-order valence-electron chi connectivity index (χ0n) is 20.8. The Morgan fingerprint density at radius 1 is 0.892 bits per heavy atom. The van der Waals surface area contributed by atoms with Gasteiger partial charge < -0.3 is 25.4 Å². The molecule has 1 heterocycles. The van der Waals surface area contributed by atoms with Crippen molar-refractivity contribution in [3.05, 3.63) is 83.4 Å². The van der Waals surface area contributed by atoms with Crippen LogP contribution in [0, 0.1) is 0 Å². The molecule has 0 saturated carbocycles. The van der Waals surface area contributed by atoms with Crippen LogP contribution in [-0.2, 0) is 11.2 Å². The zero-order chi connectivity index (χ0) is 26.2. The number of methoxy groups -OCH3 is 1. The third-order valence-electron chi connectivity index (χ3n) is 6.36. The number of ether oxygens (including phenoxy) is 1. The quantitative estimate of drug-likeness (QED) is 0.499. The molecule has 3 aromatic carbocycles. The normalized spacial score (nSPS) is 15.1. The predicted octanol–water partition coefficient (Wildman–Crippen LogP) is 3.39. The number of rotatable bonds is 2. The van der Waals surface area contributed by atoms with E-state index in [1.165, 1.54) is 7.11 Å². The molecular formula is C29H31N3O5. The largest absolute Gasteiger partial charge is 0.507 e. The van der Waals surface area contributed by atoms with E-state index >= 15 is 0 Å². The fourth-order valence-electron chi connectivity index (χ4n) is 4.37. The molecule has 8 nitrogen and oxygen atoms in total. The van der Waals surface area contributed by atoms with E-state index in [1.54, 1.807) is 53.4 Å². The van der Waals surface area contributed by atoms with Gasteiger partial charge >= 0.3 is 0 Å². The molecule has 1 aliphatic rings. The molecule has 3 N–H and O–H groups in total. The third kappa shape index (κ3) is 6.46. The fraction of sp³-hybridized carbons (Fsp3) is 0.276. The standard InChI is InChI=1S/C29H31N3O5/c1-37-26-12-10-22-19-24(26)28(35)31-15-17-32(29(36)21-6-3-2-4-7-21)16-5-8-27(34)30-14-13-20-9-11-25(33)23(22)18-20/h2-4,6-7,9-12,18-19,33H,5,8,13-17H2,1H3,(H,30,34)(H,31,35). The summed E-state index contributed by atoms with van der Waals surface area (Å²) in [4.78, 5) is 40.3. The minimum absolute atomic E-state index is 0.0830. The molecule has 3 amide bonds. The maximum absolute atomic E-state index is 13.1. The van der Waals surface area contributed by atoms with Gasteiger partial charge in [-0.15, -0.1) is 0 Å². The Hall–Kier alpha value is -4.33. The van der Waals surface area contributed by atoms with Gasteiger partial charge in [0.1, 0.15) is 11.5 Å². The van der Waals surface area contributed by atoms with Crippen LogP contribution in [0.5, 0.6) is 11.5 Å². The highest BCUT2D eigenvalue weighted by Crippen LogP contribution is 2.33. The number of benzene rings is 3. The smallest absolute Gasteiger partial charge is 0.255 e. The second-order valence-electron chi connectivity index (χ2n) is 8.88. The molecule has 0 radical (unpaired) electrons. The number of aromatic hydroxyl groups is 1. The van der Waals surface area contributed by atoms with E-state index in [0.29, 0.717) is 53.9 Å². The number of hydrogen-bond donors (Lipinski definition) is 3. The van der Waals surface area contributed by atoms with Crippen molar-refractivity contribution in [2.45, 2.75) is 19.3 Å². The molecule has 0 aliphatic carbocycles. The number of phenols is 1. The van der Waals surface area contributed by atoms with E-state index in [9.17, 15) is 19.5 Å². The van der Waals surface area contributed by atoms with Gasteiger partial charge in [-0.1, -0.05) is 30.3 Å². The van der Waals surface area contributed by atoms with Gasteiger partial charge in [0.15, 0.2) is 0 Å². The molecule has 4 bridgehead atoms. The minimum Gasteiger partial charge on any atom is -0.507 e. The van der Waals surface area contributed by atoms with Crippen molar-refractivity contribution in [3.8, 4) is 22.6 Å². The molecule has 4 rings (SSSR count). The van der Waals surface area contributed by atoms with Crippen LogP contribution < -0.4 is 15.4 Å². The number of phenolic OH excluding ortho intramolecular Hbond substituents is 1. The molecule has 192 valence electrons. The number of nitrogens with one attached hydrogen (secondary N) is 2. The zero-order valence-corrected chi connectivity index (χ0v) is 20.8. The average Bonchev–Trinajstić information content (AvgIpc) is 2.92. The van der Waals surface area contributed by atoms with Crippen LogP contribution in [0.2, 0.25) is 0 Å². The maximum atomic E-state index is 13.1. The Bertz CT molecular complexity index is 1280. The fourth-order valence-corrected chi connectivity index (χ4v) is 4.37. The van der Waals surface area contributed by atoms with Crippen LogP contribution in [0.3, 0.4) is 0 Å². The van der Waals surface area contributed by atoms with Gasteiger partial charge in [-0.3, -0.25) is 14.4 Å². The van der Waals surface area contributed by atoms with Gasteiger partial charge in [0.2, 0.25) is 5.91 Å². The van der Waals surface area contributed by atoms with Crippen LogP contribution >= 0.6 is 0 Å². The van der Waals surface area contributed by atoms with Crippen LogP contribution in [0.25, 0.3) is 11.1 Å². The first-order chi connectivity index (χ1) is 18.0. The van der Waals surface area contributed by atoms with E-state index < -0.39 is 0 Å². The molecule has 0 unspecified atom stereocenters. The van der Waals surface area contributed by atoms with Gasteiger partial charge in [-0.2, -0.15) is 0 Å². The summed E-state index contributed by atoms with van der Waals surface area (Å²) in [6, 6.07) is 19.4. The van der Waals surface area contributed by atoms with E-state index in [4.69, 9.17) is 4.74 Å². The first-order valence-corrected chi connectivity index (χ1v) is 12.4. The highest BCUT2D eigenvalue weighted by atomic mass is 16.5. The summed E-state index contributed by atoms with van der Waals surface area (Å²) < 4.78 is 5.42. The lowest BCUT2D eigenvalue weighted by molar-refractivity contribution is -0.121. The lowest BCUT2D eigenvalue weighted by atomic mass is 9.98.